The van der Waals surface area contributed by atoms with E-state index in [9.17, 15) is 0 Å². The molecule has 29 heavy (non-hydrogen) atoms. The minimum Gasteiger partial charge on any atom is -0.489 e. The first-order chi connectivity index (χ1) is 14.3. The van der Waals surface area contributed by atoms with E-state index in [0.717, 1.165) is 44.3 Å². The van der Waals surface area contributed by atoms with Crippen LogP contribution in [-0.2, 0) is 17.9 Å². The minimum absolute atomic E-state index is 0.591. The Bertz CT molecular complexity index is 884. The highest BCUT2D eigenvalue weighted by atomic mass is 16.5. The lowest BCUT2D eigenvalue weighted by atomic mass is 10.2. The first-order valence-electron chi connectivity index (χ1n) is 10.2. The summed E-state index contributed by atoms with van der Waals surface area (Å²) in [5, 5.41) is 3.49. The fourth-order valence-electron chi connectivity index (χ4n) is 3.37. The van der Waals surface area contributed by atoms with Gasteiger partial charge in [0.2, 0.25) is 0 Å². The molecule has 4 nitrogen and oxygen atoms in total. The molecule has 0 unspecified atom stereocenters. The first kappa shape index (κ1) is 19.3. The van der Waals surface area contributed by atoms with Gasteiger partial charge < -0.3 is 19.7 Å². The number of ether oxygens (including phenoxy) is 2. The highest BCUT2D eigenvalue weighted by molar-refractivity contribution is 5.55. The molecule has 0 bridgehead atoms. The van der Waals surface area contributed by atoms with Crippen molar-refractivity contribution in [2.24, 2.45) is 0 Å². The van der Waals surface area contributed by atoms with Gasteiger partial charge in [0.1, 0.15) is 12.4 Å². The van der Waals surface area contributed by atoms with Crippen LogP contribution in [0.3, 0.4) is 0 Å². The molecule has 1 N–H and O–H groups in total. The van der Waals surface area contributed by atoms with Crippen molar-refractivity contribution in [2.75, 3.05) is 36.5 Å². The molecule has 3 aromatic rings. The molecule has 150 valence electrons. The number of nitrogens with one attached hydrogen (secondary N) is 1. The largest absolute Gasteiger partial charge is 0.489 e. The molecule has 4 heteroatoms. The Morgan fingerprint density at radius 1 is 0.828 bits per heavy atom. The van der Waals surface area contributed by atoms with Gasteiger partial charge in [-0.15, -0.1) is 0 Å². The molecule has 0 aliphatic carbocycles. The summed E-state index contributed by atoms with van der Waals surface area (Å²) in [5.74, 6) is 0.893. The zero-order chi connectivity index (χ0) is 19.9. The molecule has 0 saturated carbocycles. The van der Waals surface area contributed by atoms with Crippen LogP contribution in [0, 0.1) is 6.92 Å². The van der Waals surface area contributed by atoms with Crippen molar-refractivity contribution >= 4 is 11.4 Å². The summed E-state index contributed by atoms with van der Waals surface area (Å²) in [4.78, 5) is 2.36. The van der Waals surface area contributed by atoms with Crippen molar-refractivity contribution in [3.63, 3.8) is 0 Å². The van der Waals surface area contributed by atoms with Crippen LogP contribution in [-0.4, -0.2) is 26.3 Å². The number of nitrogens with zero attached hydrogens (tertiary/aromatic N) is 1. The summed E-state index contributed by atoms with van der Waals surface area (Å²) in [5.41, 5.74) is 6.06. The van der Waals surface area contributed by atoms with E-state index in [-0.39, 0.29) is 0 Å². The Morgan fingerprint density at radius 2 is 1.48 bits per heavy atom. The number of rotatable bonds is 7. The van der Waals surface area contributed by atoms with Crippen LogP contribution in [0.2, 0.25) is 0 Å². The molecule has 1 heterocycles. The highest BCUT2D eigenvalue weighted by Crippen LogP contribution is 2.20. The normalized spacial score (nSPS) is 13.9. The molecule has 1 aliphatic rings. The van der Waals surface area contributed by atoms with Crippen molar-refractivity contribution < 1.29 is 9.47 Å². The predicted molar refractivity (Wildman–Crippen MR) is 119 cm³/mol. The number of hydrogen-bond acceptors (Lipinski definition) is 4. The monoisotopic (exact) mass is 388 g/mol. The zero-order valence-corrected chi connectivity index (χ0v) is 16.9. The molecule has 0 radical (unpaired) electrons. The lowest BCUT2D eigenvalue weighted by molar-refractivity contribution is 0.122. The van der Waals surface area contributed by atoms with Crippen LogP contribution in [0.15, 0.2) is 72.8 Å². The SMILES string of the molecule is Cc1ccc(COc2ccc(CNc3ccc(N4CCOCC4)cc3)cc2)cc1. The maximum absolute atomic E-state index is 5.89. The Labute approximate surface area is 173 Å². The van der Waals surface area contributed by atoms with E-state index in [1.54, 1.807) is 0 Å². The van der Waals surface area contributed by atoms with Crippen LogP contribution >= 0.6 is 0 Å². The van der Waals surface area contributed by atoms with Crippen molar-refractivity contribution in [1.29, 1.82) is 0 Å². The van der Waals surface area contributed by atoms with Crippen molar-refractivity contribution in [3.8, 4) is 5.75 Å². The Hall–Kier alpha value is -2.98. The van der Waals surface area contributed by atoms with Gasteiger partial charge in [-0.25, -0.2) is 0 Å². The van der Waals surface area contributed by atoms with E-state index in [2.05, 4.69) is 77.8 Å². The maximum atomic E-state index is 5.89. The van der Waals surface area contributed by atoms with Crippen LogP contribution in [0.1, 0.15) is 16.7 Å². The van der Waals surface area contributed by atoms with Gasteiger partial charge in [-0.1, -0.05) is 42.0 Å². The number of morpholine rings is 1. The van der Waals surface area contributed by atoms with Gasteiger partial charge in [0.15, 0.2) is 0 Å². The summed E-state index contributed by atoms with van der Waals surface area (Å²) in [6, 6.07) is 25.4. The molecule has 3 aromatic carbocycles. The highest BCUT2D eigenvalue weighted by Gasteiger charge is 2.10. The Kier molecular flexibility index (Phi) is 6.32. The maximum Gasteiger partial charge on any atom is 0.119 e. The summed E-state index contributed by atoms with van der Waals surface area (Å²) in [6.45, 7) is 7.02. The Morgan fingerprint density at radius 3 is 2.17 bits per heavy atom. The zero-order valence-electron chi connectivity index (χ0n) is 16.9. The van der Waals surface area contributed by atoms with Crippen LogP contribution < -0.4 is 15.0 Å². The third kappa shape index (κ3) is 5.52. The molecule has 1 saturated heterocycles. The van der Waals surface area contributed by atoms with Crippen LogP contribution in [0.4, 0.5) is 11.4 Å². The van der Waals surface area contributed by atoms with E-state index in [1.165, 1.54) is 22.4 Å². The molecule has 1 fully saturated rings. The second-order valence-corrected chi connectivity index (χ2v) is 7.42. The standard InChI is InChI=1S/C25H28N2O2/c1-20-2-4-22(5-3-20)19-29-25-12-6-21(7-13-25)18-26-23-8-10-24(11-9-23)27-14-16-28-17-15-27/h2-13,26H,14-19H2,1H3. The second kappa shape index (κ2) is 9.48. The van der Waals surface area contributed by atoms with E-state index >= 15 is 0 Å². The molecule has 0 atom stereocenters. The smallest absolute Gasteiger partial charge is 0.119 e. The van der Waals surface area contributed by atoms with Gasteiger partial charge in [-0.3, -0.25) is 0 Å². The predicted octanol–water partition coefficient (Wildman–Crippen LogP) is 5.02. The molecule has 0 amide bonds. The molecular weight excluding hydrogens is 360 g/mol. The summed E-state index contributed by atoms with van der Waals surface area (Å²) in [6.07, 6.45) is 0. The van der Waals surface area contributed by atoms with Gasteiger partial charge in [-0.2, -0.15) is 0 Å². The number of aryl methyl sites for hydroxylation is 1. The lowest BCUT2D eigenvalue weighted by Crippen LogP contribution is -2.36. The fraction of sp³-hybridized carbons (Fsp3) is 0.280. The fourth-order valence-corrected chi connectivity index (χ4v) is 3.37. The summed E-state index contributed by atoms with van der Waals surface area (Å²) < 4.78 is 11.3. The van der Waals surface area contributed by atoms with Crippen LogP contribution in [0.5, 0.6) is 5.75 Å². The van der Waals surface area contributed by atoms with Gasteiger partial charge in [0.25, 0.3) is 0 Å². The first-order valence-corrected chi connectivity index (χ1v) is 10.2. The molecular formula is C25H28N2O2. The van der Waals surface area contributed by atoms with Crippen LogP contribution in [0.25, 0.3) is 0 Å². The lowest BCUT2D eigenvalue weighted by Gasteiger charge is -2.28. The quantitative estimate of drug-likeness (QED) is 0.616. The molecule has 1 aliphatic heterocycles. The number of benzene rings is 3. The molecule has 0 aromatic heterocycles. The number of anilines is 2. The van der Waals surface area contributed by atoms with Gasteiger partial charge in [0, 0.05) is 31.0 Å². The molecule has 0 spiro atoms. The van der Waals surface area contributed by atoms with E-state index in [1.807, 2.05) is 12.1 Å². The van der Waals surface area contributed by atoms with Gasteiger partial charge in [-0.05, 0) is 54.4 Å². The molecule has 4 rings (SSSR count). The third-order valence-corrected chi connectivity index (χ3v) is 5.19. The Balaban J connectivity index is 1.26. The van der Waals surface area contributed by atoms with E-state index < -0.39 is 0 Å². The van der Waals surface area contributed by atoms with Gasteiger partial charge >= 0.3 is 0 Å². The summed E-state index contributed by atoms with van der Waals surface area (Å²) in [7, 11) is 0. The summed E-state index contributed by atoms with van der Waals surface area (Å²) >= 11 is 0. The van der Waals surface area contributed by atoms with E-state index in [0.29, 0.717) is 6.61 Å². The average Bonchev–Trinajstić information content (AvgIpc) is 2.79. The third-order valence-electron chi connectivity index (χ3n) is 5.19. The van der Waals surface area contributed by atoms with Crippen molar-refractivity contribution in [2.45, 2.75) is 20.1 Å². The topological polar surface area (TPSA) is 33.7 Å². The number of hydrogen-bond donors (Lipinski definition) is 1. The van der Waals surface area contributed by atoms with Gasteiger partial charge in [0.05, 0.1) is 13.2 Å². The van der Waals surface area contributed by atoms with Crippen molar-refractivity contribution in [3.05, 3.63) is 89.5 Å². The average molecular weight is 389 g/mol. The minimum atomic E-state index is 0.591. The van der Waals surface area contributed by atoms with E-state index in [4.69, 9.17) is 9.47 Å². The second-order valence-electron chi connectivity index (χ2n) is 7.42. The van der Waals surface area contributed by atoms with Crippen molar-refractivity contribution in [1.82, 2.24) is 0 Å².